The van der Waals surface area contributed by atoms with Crippen molar-refractivity contribution >= 4 is 11.7 Å². The lowest BCUT2D eigenvalue weighted by Crippen LogP contribution is -2.32. The van der Waals surface area contributed by atoms with Gasteiger partial charge in [0.25, 0.3) is 0 Å². The normalized spacial score (nSPS) is 19.8. The smallest absolute Gasteiger partial charge is 0.225 e. The molecule has 2 aromatic heterocycles. The molecule has 1 atom stereocenters. The van der Waals surface area contributed by atoms with E-state index in [1.807, 2.05) is 32.6 Å². The largest absolute Gasteiger partial charge is 0.365 e. The van der Waals surface area contributed by atoms with Crippen molar-refractivity contribution in [1.82, 2.24) is 20.0 Å². The Kier molecular flexibility index (Phi) is 4.17. The number of likely N-dealkylation sites (tertiary alicyclic amines) is 1. The predicted molar refractivity (Wildman–Crippen MR) is 97.8 cm³/mol. The summed E-state index contributed by atoms with van der Waals surface area (Å²) in [5, 5.41) is 7.59. The molecule has 7 heteroatoms. The van der Waals surface area contributed by atoms with E-state index in [1.54, 1.807) is 0 Å². The summed E-state index contributed by atoms with van der Waals surface area (Å²) in [5.41, 5.74) is 3.61. The average Bonchev–Trinajstić information content (AvgIpc) is 3.26. The van der Waals surface area contributed by atoms with Crippen LogP contribution in [-0.2, 0) is 4.79 Å². The maximum atomic E-state index is 12.3. The van der Waals surface area contributed by atoms with Gasteiger partial charge >= 0.3 is 0 Å². The van der Waals surface area contributed by atoms with Crippen LogP contribution in [0.15, 0.2) is 4.52 Å². The number of hydrogen-bond donors (Lipinski definition) is 1. The van der Waals surface area contributed by atoms with Crippen molar-refractivity contribution in [3.8, 4) is 11.3 Å². The summed E-state index contributed by atoms with van der Waals surface area (Å²) >= 11 is 0. The fourth-order valence-corrected chi connectivity index (χ4v) is 3.69. The molecule has 0 bridgehead atoms. The Balaban J connectivity index is 1.57. The molecule has 1 N–H and O–H groups in total. The van der Waals surface area contributed by atoms with Gasteiger partial charge in [-0.25, -0.2) is 9.97 Å². The molecule has 7 nitrogen and oxygen atoms in total. The van der Waals surface area contributed by atoms with Gasteiger partial charge in [-0.1, -0.05) is 5.16 Å². The molecule has 1 aliphatic carbocycles. The van der Waals surface area contributed by atoms with Crippen LogP contribution in [0.2, 0.25) is 0 Å². The van der Waals surface area contributed by atoms with Crippen LogP contribution in [0.5, 0.6) is 0 Å². The molecular formula is C19H25N5O2. The van der Waals surface area contributed by atoms with Crippen LogP contribution >= 0.6 is 0 Å². The Morgan fingerprint density at radius 3 is 2.58 bits per heavy atom. The Morgan fingerprint density at radius 1 is 1.15 bits per heavy atom. The van der Waals surface area contributed by atoms with Crippen molar-refractivity contribution in [3.05, 3.63) is 22.8 Å². The molecule has 138 valence electrons. The molecule has 1 aliphatic heterocycles. The van der Waals surface area contributed by atoms with Crippen LogP contribution in [0.25, 0.3) is 11.3 Å². The van der Waals surface area contributed by atoms with E-state index in [0.717, 1.165) is 66.4 Å². The Morgan fingerprint density at radius 2 is 1.92 bits per heavy atom. The summed E-state index contributed by atoms with van der Waals surface area (Å²) in [4.78, 5) is 23.5. The highest BCUT2D eigenvalue weighted by molar-refractivity contribution is 5.81. The second kappa shape index (κ2) is 6.37. The van der Waals surface area contributed by atoms with Crippen molar-refractivity contribution in [1.29, 1.82) is 0 Å². The average molecular weight is 355 g/mol. The molecule has 4 rings (SSSR count). The van der Waals surface area contributed by atoms with E-state index < -0.39 is 0 Å². The number of carbonyl (C=O) groups excluding carboxylic acids is 1. The first kappa shape index (κ1) is 17.0. The molecule has 3 heterocycles. The first-order chi connectivity index (χ1) is 12.4. The first-order valence-corrected chi connectivity index (χ1v) is 9.28. The number of nitrogens with zero attached hydrogens (tertiary/aromatic N) is 4. The number of nitrogens with one attached hydrogen (secondary N) is 1. The summed E-state index contributed by atoms with van der Waals surface area (Å²) in [6.07, 6.45) is 3.05. The van der Waals surface area contributed by atoms with Crippen LogP contribution in [0.3, 0.4) is 0 Å². The van der Waals surface area contributed by atoms with E-state index in [2.05, 4.69) is 20.4 Å². The van der Waals surface area contributed by atoms with Crippen molar-refractivity contribution < 1.29 is 9.32 Å². The summed E-state index contributed by atoms with van der Waals surface area (Å²) in [6, 6.07) is 0.225. The van der Waals surface area contributed by atoms with Gasteiger partial charge in [0.1, 0.15) is 17.4 Å². The van der Waals surface area contributed by atoms with Crippen LogP contribution in [0, 0.1) is 33.6 Å². The van der Waals surface area contributed by atoms with E-state index in [9.17, 15) is 4.79 Å². The number of rotatable bonds is 4. The minimum atomic E-state index is 0.225. The fraction of sp³-hybridized carbons (Fsp3) is 0.579. The highest BCUT2D eigenvalue weighted by Crippen LogP contribution is 2.33. The maximum Gasteiger partial charge on any atom is 0.225 e. The van der Waals surface area contributed by atoms with Crippen molar-refractivity contribution in [2.45, 2.75) is 53.0 Å². The third-order valence-corrected chi connectivity index (χ3v) is 5.30. The van der Waals surface area contributed by atoms with E-state index in [1.165, 1.54) is 0 Å². The van der Waals surface area contributed by atoms with E-state index in [4.69, 9.17) is 4.52 Å². The SMILES string of the molecule is Cc1nc(NC2CCN(C(=O)C3CC3)C2)c(C)c(-c2c(C)noc2C)n1. The number of hydrogen-bond acceptors (Lipinski definition) is 6. The number of amides is 1. The quantitative estimate of drug-likeness (QED) is 0.908. The zero-order chi connectivity index (χ0) is 18.4. The molecule has 2 aromatic rings. The molecule has 0 radical (unpaired) electrons. The third kappa shape index (κ3) is 3.06. The van der Waals surface area contributed by atoms with Gasteiger partial charge in [0, 0.05) is 30.6 Å². The number of anilines is 1. The molecule has 0 aromatic carbocycles. The zero-order valence-electron chi connectivity index (χ0n) is 15.8. The molecule has 1 saturated carbocycles. The Hall–Kier alpha value is -2.44. The van der Waals surface area contributed by atoms with E-state index >= 15 is 0 Å². The maximum absolute atomic E-state index is 12.3. The molecule has 2 aliphatic rings. The lowest BCUT2D eigenvalue weighted by atomic mass is 10.1. The van der Waals surface area contributed by atoms with Gasteiger partial charge < -0.3 is 14.7 Å². The molecule has 26 heavy (non-hydrogen) atoms. The summed E-state index contributed by atoms with van der Waals surface area (Å²) in [5.74, 6) is 2.90. The topological polar surface area (TPSA) is 84.2 Å². The standard InChI is InChI=1S/C19H25N5O2/c1-10-17(16-11(2)23-26-12(16)3)20-13(4)21-18(10)22-15-7-8-24(9-15)19(25)14-5-6-14/h14-15H,5-9H2,1-4H3,(H,20,21,22). The Bertz CT molecular complexity index is 836. The molecule has 1 amide bonds. The number of aryl methyl sites for hydroxylation is 3. The minimum Gasteiger partial charge on any atom is -0.365 e. The molecule has 1 saturated heterocycles. The monoisotopic (exact) mass is 355 g/mol. The third-order valence-electron chi connectivity index (χ3n) is 5.30. The van der Waals surface area contributed by atoms with Crippen molar-refractivity contribution in [2.24, 2.45) is 5.92 Å². The second-order valence-corrected chi connectivity index (χ2v) is 7.48. The van der Waals surface area contributed by atoms with Crippen molar-refractivity contribution in [3.63, 3.8) is 0 Å². The summed E-state index contributed by atoms with van der Waals surface area (Å²) in [7, 11) is 0. The van der Waals surface area contributed by atoms with Gasteiger partial charge in [-0.3, -0.25) is 4.79 Å². The second-order valence-electron chi connectivity index (χ2n) is 7.48. The number of aromatic nitrogens is 3. The zero-order valence-corrected chi connectivity index (χ0v) is 15.8. The molecular weight excluding hydrogens is 330 g/mol. The lowest BCUT2D eigenvalue weighted by Gasteiger charge is -2.19. The van der Waals surface area contributed by atoms with Crippen LogP contribution < -0.4 is 5.32 Å². The van der Waals surface area contributed by atoms with Crippen LogP contribution in [0.1, 0.15) is 42.1 Å². The summed E-state index contributed by atoms with van der Waals surface area (Å²) in [6.45, 7) is 9.31. The lowest BCUT2D eigenvalue weighted by molar-refractivity contribution is -0.131. The highest BCUT2D eigenvalue weighted by atomic mass is 16.5. The van der Waals surface area contributed by atoms with Crippen LogP contribution in [0.4, 0.5) is 5.82 Å². The van der Waals surface area contributed by atoms with Gasteiger partial charge in [0.05, 0.1) is 17.0 Å². The first-order valence-electron chi connectivity index (χ1n) is 9.28. The summed E-state index contributed by atoms with van der Waals surface area (Å²) < 4.78 is 5.31. The van der Waals surface area contributed by atoms with E-state index in [-0.39, 0.29) is 12.0 Å². The van der Waals surface area contributed by atoms with Gasteiger partial charge in [-0.05, 0) is 47.0 Å². The highest BCUT2D eigenvalue weighted by Gasteiger charge is 2.36. The van der Waals surface area contributed by atoms with Gasteiger partial charge in [0.15, 0.2) is 0 Å². The molecule has 0 spiro atoms. The minimum absolute atomic E-state index is 0.225. The number of carbonyl (C=O) groups is 1. The fourth-order valence-electron chi connectivity index (χ4n) is 3.69. The van der Waals surface area contributed by atoms with Gasteiger partial charge in [0.2, 0.25) is 5.91 Å². The molecule has 1 unspecified atom stereocenters. The van der Waals surface area contributed by atoms with Gasteiger partial charge in [-0.2, -0.15) is 0 Å². The predicted octanol–water partition coefficient (Wildman–Crippen LogP) is 2.79. The van der Waals surface area contributed by atoms with E-state index in [0.29, 0.717) is 11.7 Å². The van der Waals surface area contributed by atoms with Gasteiger partial charge in [-0.15, -0.1) is 0 Å². The molecule has 2 fully saturated rings. The Labute approximate surface area is 153 Å². The van der Waals surface area contributed by atoms with Crippen molar-refractivity contribution in [2.75, 3.05) is 18.4 Å². The van der Waals surface area contributed by atoms with Crippen LogP contribution in [-0.4, -0.2) is 45.1 Å².